The first-order chi connectivity index (χ1) is 6.59. The number of amidine groups is 1. The molecule has 0 aromatic carbocycles. The fourth-order valence-corrected chi connectivity index (χ4v) is 2.28. The predicted octanol–water partition coefficient (Wildman–Crippen LogP) is 1.52. The maximum Gasteiger partial charge on any atom is 0.345 e. The second-order valence-electron chi connectivity index (χ2n) is 3.32. The molecule has 0 fully saturated rings. The van der Waals surface area contributed by atoms with Gasteiger partial charge in [0.15, 0.2) is 0 Å². The third-order valence-corrected chi connectivity index (χ3v) is 3.14. The van der Waals surface area contributed by atoms with Gasteiger partial charge < -0.3 is 10.6 Å². The number of hydrogen-bond donors (Lipinski definition) is 1. The highest BCUT2D eigenvalue weighted by atomic mass is 32.1. The van der Waals surface area contributed by atoms with Crippen molar-refractivity contribution in [2.45, 2.75) is 13.0 Å². The molecule has 0 radical (unpaired) electrons. The molecule has 74 valence electrons. The average Bonchev–Trinajstić information content (AvgIpc) is 2.60. The minimum Gasteiger partial charge on any atom is -0.385 e. The van der Waals surface area contributed by atoms with Crippen molar-refractivity contribution in [3.05, 3.63) is 21.9 Å². The van der Waals surface area contributed by atoms with Gasteiger partial charge in [-0.1, -0.05) is 0 Å². The van der Waals surface area contributed by atoms with Crippen molar-refractivity contribution in [3.8, 4) is 0 Å². The van der Waals surface area contributed by atoms with Crippen LogP contribution in [0.15, 0.2) is 16.4 Å². The van der Waals surface area contributed by atoms with E-state index >= 15 is 0 Å². The largest absolute Gasteiger partial charge is 0.385 e. The summed E-state index contributed by atoms with van der Waals surface area (Å²) in [6.45, 7) is 2.03. The van der Waals surface area contributed by atoms with Crippen molar-refractivity contribution in [2.75, 3.05) is 7.05 Å². The van der Waals surface area contributed by atoms with Crippen molar-refractivity contribution < 1.29 is 4.79 Å². The molecule has 2 rings (SSSR count). The summed E-state index contributed by atoms with van der Waals surface area (Å²) >= 11 is 1.65. The number of hydrogen-bond acceptors (Lipinski definition) is 3. The summed E-state index contributed by atoms with van der Waals surface area (Å²) in [5.74, 6) is 0.385. The summed E-state index contributed by atoms with van der Waals surface area (Å²) < 4.78 is 0. The van der Waals surface area contributed by atoms with Crippen LogP contribution in [-0.4, -0.2) is 23.8 Å². The monoisotopic (exact) mass is 209 g/mol. The highest BCUT2D eigenvalue weighted by Gasteiger charge is 2.31. The number of urea groups is 1. The molecule has 1 unspecified atom stereocenters. The molecular weight excluding hydrogens is 198 g/mol. The SMILES string of the molecule is Cc1cc(C2C(N)=NC(=O)N2C)cs1. The average molecular weight is 209 g/mol. The van der Waals surface area contributed by atoms with E-state index in [0.29, 0.717) is 5.84 Å². The molecule has 14 heavy (non-hydrogen) atoms. The topological polar surface area (TPSA) is 58.7 Å². The van der Waals surface area contributed by atoms with Gasteiger partial charge in [0, 0.05) is 11.9 Å². The van der Waals surface area contributed by atoms with Crippen molar-refractivity contribution in [1.82, 2.24) is 4.90 Å². The van der Waals surface area contributed by atoms with Crippen LogP contribution in [0.25, 0.3) is 0 Å². The molecule has 2 amide bonds. The van der Waals surface area contributed by atoms with Crippen molar-refractivity contribution in [1.29, 1.82) is 0 Å². The maximum atomic E-state index is 11.2. The van der Waals surface area contributed by atoms with Gasteiger partial charge >= 0.3 is 6.03 Å². The molecule has 5 heteroatoms. The summed E-state index contributed by atoms with van der Waals surface area (Å²) in [6, 6.07) is 1.59. The molecule has 1 aromatic heterocycles. The van der Waals surface area contributed by atoms with Crippen LogP contribution in [-0.2, 0) is 0 Å². The van der Waals surface area contributed by atoms with E-state index in [-0.39, 0.29) is 12.1 Å². The Morgan fingerprint density at radius 1 is 1.64 bits per heavy atom. The zero-order chi connectivity index (χ0) is 10.3. The molecule has 0 bridgehead atoms. The Kier molecular flexibility index (Phi) is 2.03. The van der Waals surface area contributed by atoms with Gasteiger partial charge in [-0.2, -0.15) is 4.99 Å². The zero-order valence-corrected chi connectivity index (χ0v) is 8.84. The van der Waals surface area contributed by atoms with Gasteiger partial charge in [0.2, 0.25) is 0 Å². The number of rotatable bonds is 1. The van der Waals surface area contributed by atoms with E-state index in [1.807, 2.05) is 18.4 Å². The highest BCUT2D eigenvalue weighted by Crippen LogP contribution is 2.28. The minimum absolute atomic E-state index is 0.174. The highest BCUT2D eigenvalue weighted by molar-refractivity contribution is 7.10. The predicted molar refractivity (Wildman–Crippen MR) is 56.6 cm³/mol. The van der Waals surface area contributed by atoms with Gasteiger partial charge in [0.25, 0.3) is 0 Å². The number of amides is 2. The van der Waals surface area contributed by atoms with E-state index in [1.165, 1.54) is 4.88 Å². The summed E-state index contributed by atoms with van der Waals surface area (Å²) in [5, 5.41) is 2.01. The Morgan fingerprint density at radius 2 is 2.36 bits per heavy atom. The number of carbonyl (C=O) groups is 1. The summed E-state index contributed by atoms with van der Waals surface area (Å²) in [7, 11) is 1.71. The lowest BCUT2D eigenvalue weighted by atomic mass is 10.1. The number of carbonyl (C=O) groups excluding carboxylic acids is 1. The number of thiophene rings is 1. The van der Waals surface area contributed by atoms with Crippen LogP contribution in [0, 0.1) is 6.92 Å². The van der Waals surface area contributed by atoms with Gasteiger partial charge in [0.1, 0.15) is 11.9 Å². The Hall–Kier alpha value is -1.36. The van der Waals surface area contributed by atoms with Crippen LogP contribution in [0.5, 0.6) is 0 Å². The molecule has 1 atom stereocenters. The standard InChI is InChI=1S/C9H11N3OS/c1-5-3-6(4-14-5)7-8(10)11-9(13)12(7)2/h3-4,7H,1-2H3,(H2,10,11,13). The van der Waals surface area contributed by atoms with E-state index in [9.17, 15) is 4.79 Å². The second kappa shape index (κ2) is 3.09. The molecule has 4 nitrogen and oxygen atoms in total. The molecule has 1 aliphatic rings. The second-order valence-corrected chi connectivity index (χ2v) is 4.44. The quantitative estimate of drug-likeness (QED) is 0.762. The van der Waals surface area contributed by atoms with Gasteiger partial charge in [-0.25, -0.2) is 4.79 Å². The Balaban J connectivity index is 2.36. The molecule has 1 aliphatic heterocycles. The third-order valence-electron chi connectivity index (χ3n) is 2.26. The fraction of sp³-hybridized carbons (Fsp3) is 0.333. The Bertz CT molecular complexity index is 410. The van der Waals surface area contributed by atoms with Gasteiger partial charge in [0.05, 0.1) is 0 Å². The van der Waals surface area contributed by atoms with Crippen LogP contribution in [0.4, 0.5) is 4.79 Å². The van der Waals surface area contributed by atoms with Crippen LogP contribution in [0.3, 0.4) is 0 Å². The van der Waals surface area contributed by atoms with Crippen LogP contribution < -0.4 is 5.73 Å². The Morgan fingerprint density at radius 3 is 2.79 bits per heavy atom. The smallest absolute Gasteiger partial charge is 0.345 e. The zero-order valence-electron chi connectivity index (χ0n) is 8.02. The normalized spacial score (nSPS) is 21.6. The summed E-state index contributed by atoms with van der Waals surface area (Å²) in [6.07, 6.45) is 0. The van der Waals surface area contributed by atoms with E-state index in [0.717, 1.165) is 5.56 Å². The van der Waals surface area contributed by atoms with Crippen LogP contribution in [0.2, 0.25) is 0 Å². The number of nitrogens with two attached hydrogens (primary N) is 1. The molecule has 0 aliphatic carbocycles. The third kappa shape index (κ3) is 1.29. The van der Waals surface area contributed by atoms with Crippen LogP contribution >= 0.6 is 11.3 Å². The molecule has 2 N–H and O–H groups in total. The summed E-state index contributed by atoms with van der Waals surface area (Å²) in [5.41, 5.74) is 6.74. The molecule has 1 aromatic rings. The van der Waals surface area contributed by atoms with E-state index < -0.39 is 0 Å². The lowest BCUT2D eigenvalue weighted by Gasteiger charge is -2.17. The first-order valence-electron chi connectivity index (χ1n) is 4.25. The number of likely N-dealkylation sites (N-methyl/N-ethyl adjacent to an activating group) is 1. The van der Waals surface area contributed by atoms with Crippen molar-refractivity contribution in [3.63, 3.8) is 0 Å². The summed E-state index contributed by atoms with van der Waals surface area (Å²) in [4.78, 5) is 17.7. The molecule has 0 spiro atoms. The van der Waals surface area contributed by atoms with Crippen molar-refractivity contribution >= 4 is 23.2 Å². The molecule has 2 heterocycles. The number of aryl methyl sites for hydroxylation is 1. The van der Waals surface area contributed by atoms with E-state index in [1.54, 1.807) is 23.3 Å². The number of nitrogens with zero attached hydrogens (tertiary/aromatic N) is 2. The molecule has 0 saturated carbocycles. The lowest BCUT2D eigenvalue weighted by Crippen LogP contribution is -2.29. The van der Waals surface area contributed by atoms with Crippen LogP contribution in [0.1, 0.15) is 16.5 Å². The van der Waals surface area contributed by atoms with E-state index in [2.05, 4.69) is 4.99 Å². The van der Waals surface area contributed by atoms with Gasteiger partial charge in [-0.05, 0) is 23.9 Å². The van der Waals surface area contributed by atoms with Gasteiger partial charge in [-0.15, -0.1) is 11.3 Å². The van der Waals surface area contributed by atoms with Gasteiger partial charge in [-0.3, -0.25) is 0 Å². The lowest BCUT2D eigenvalue weighted by molar-refractivity contribution is 0.219. The molecule has 0 saturated heterocycles. The minimum atomic E-state index is -0.267. The fourth-order valence-electron chi connectivity index (χ4n) is 1.56. The number of aliphatic imine (C=N–C) groups is 1. The van der Waals surface area contributed by atoms with E-state index in [4.69, 9.17) is 5.73 Å². The first kappa shape index (κ1) is 9.21. The Labute approximate surface area is 86.0 Å². The maximum absolute atomic E-state index is 11.2. The molecular formula is C9H11N3OS. The first-order valence-corrected chi connectivity index (χ1v) is 5.13. The van der Waals surface area contributed by atoms with Crippen molar-refractivity contribution in [2.24, 2.45) is 10.7 Å².